The zero-order valence-electron chi connectivity index (χ0n) is 8.05. The number of hydrogen-bond donors (Lipinski definition) is 1. The molecule has 86 valence electrons. The highest BCUT2D eigenvalue weighted by Gasteiger charge is 2.28. The number of fused-ring (bicyclic) bond motifs is 1. The summed E-state index contributed by atoms with van der Waals surface area (Å²) in [6.07, 6.45) is -3.72. The molecule has 16 heavy (non-hydrogen) atoms. The highest BCUT2D eigenvalue weighted by atomic mass is 35.5. The Kier molecular flexibility index (Phi) is 2.80. The highest BCUT2D eigenvalue weighted by molar-refractivity contribution is 6.21. The zero-order chi connectivity index (χ0) is 11.8. The van der Waals surface area contributed by atoms with Crippen molar-refractivity contribution in [1.82, 2.24) is 5.32 Å². The first-order valence-electron chi connectivity index (χ1n) is 4.58. The summed E-state index contributed by atoms with van der Waals surface area (Å²) in [7, 11) is 0. The van der Waals surface area contributed by atoms with Gasteiger partial charge in [0, 0.05) is 5.56 Å². The van der Waals surface area contributed by atoms with Crippen LogP contribution in [0.5, 0.6) is 0 Å². The van der Waals surface area contributed by atoms with E-state index in [0.29, 0.717) is 11.3 Å². The van der Waals surface area contributed by atoms with E-state index in [2.05, 4.69) is 10.3 Å². The average Bonchev–Trinajstić information content (AvgIpc) is 2.17. The van der Waals surface area contributed by atoms with Crippen LogP contribution < -0.4 is 5.32 Å². The van der Waals surface area contributed by atoms with Gasteiger partial charge in [0.05, 0.1) is 18.4 Å². The Morgan fingerprint density at radius 1 is 1.38 bits per heavy atom. The normalized spacial score (nSPS) is 19.1. The van der Waals surface area contributed by atoms with Crippen molar-refractivity contribution in [3.63, 3.8) is 0 Å². The summed E-state index contributed by atoms with van der Waals surface area (Å²) in [5, 5.41) is 2.72. The molecule has 0 amide bonds. The molecule has 1 N–H and O–H groups in total. The van der Waals surface area contributed by atoms with Gasteiger partial charge < -0.3 is 5.32 Å². The first-order chi connectivity index (χ1) is 7.46. The Bertz CT molecular complexity index is 429. The SMILES string of the molecule is FC(F)(F)Cc1ccc2c(c1)C(Cl)NC=N2. The molecule has 1 unspecified atom stereocenters. The van der Waals surface area contributed by atoms with Crippen molar-refractivity contribution in [2.75, 3.05) is 0 Å². The smallest absolute Gasteiger partial charge is 0.356 e. The molecule has 2 nitrogen and oxygen atoms in total. The molecule has 0 spiro atoms. The van der Waals surface area contributed by atoms with Crippen LogP contribution in [0.15, 0.2) is 23.2 Å². The van der Waals surface area contributed by atoms with E-state index in [0.717, 1.165) is 0 Å². The second-order valence-corrected chi connectivity index (χ2v) is 3.91. The van der Waals surface area contributed by atoms with Crippen LogP contribution in [0.4, 0.5) is 18.9 Å². The van der Waals surface area contributed by atoms with E-state index in [1.807, 2.05) is 0 Å². The maximum atomic E-state index is 12.2. The predicted octanol–water partition coefficient (Wildman–Crippen LogP) is 3.29. The van der Waals surface area contributed by atoms with Crippen LogP contribution in [-0.2, 0) is 6.42 Å². The molecule has 0 radical (unpaired) electrons. The number of alkyl halides is 4. The molecule has 1 atom stereocenters. The number of nitrogens with zero attached hydrogens (tertiary/aromatic N) is 1. The molecule has 0 aliphatic carbocycles. The molecule has 0 saturated carbocycles. The third kappa shape index (κ3) is 2.47. The molecule has 1 aliphatic rings. The molecule has 0 aromatic heterocycles. The van der Waals surface area contributed by atoms with Crippen molar-refractivity contribution < 1.29 is 13.2 Å². The minimum atomic E-state index is -4.21. The van der Waals surface area contributed by atoms with E-state index >= 15 is 0 Å². The first kappa shape index (κ1) is 11.3. The molecule has 2 rings (SSSR count). The minimum Gasteiger partial charge on any atom is -0.356 e. The minimum absolute atomic E-state index is 0.191. The summed E-state index contributed by atoms with van der Waals surface area (Å²) in [4.78, 5) is 3.98. The van der Waals surface area contributed by atoms with E-state index in [1.54, 1.807) is 6.07 Å². The quantitative estimate of drug-likeness (QED) is 0.599. The van der Waals surface area contributed by atoms with Gasteiger partial charge in [0.15, 0.2) is 0 Å². The van der Waals surface area contributed by atoms with E-state index < -0.39 is 18.1 Å². The van der Waals surface area contributed by atoms with E-state index in [9.17, 15) is 13.2 Å². The standard InChI is InChI=1S/C10H8ClF3N2/c11-9-7-3-6(4-10(12,13)14)1-2-8(7)15-5-16-9/h1-3,5,9H,4H2,(H,15,16). The Hall–Kier alpha value is -1.23. The van der Waals surface area contributed by atoms with Gasteiger partial charge >= 0.3 is 6.18 Å². The van der Waals surface area contributed by atoms with Crippen molar-refractivity contribution in [1.29, 1.82) is 0 Å². The molecular formula is C10H8ClF3N2. The number of aliphatic imine (C=N–C) groups is 1. The van der Waals surface area contributed by atoms with Crippen LogP contribution in [0, 0.1) is 0 Å². The maximum absolute atomic E-state index is 12.2. The summed E-state index contributed by atoms with van der Waals surface area (Å²) in [6, 6.07) is 4.39. The van der Waals surface area contributed by atoms with Crippen molar-refractivity contribution in [3.8, 4) is 0 Å². The van der Waals surface area contributed by atoms with Gasteiger partial charge in [-0.25, -0.2) is 4.99 Å². The first-order valence-corrected chi connectivity index (χ1v) is 5.01. The van der Waals surface area contributed by atoms with Gasteiger partial charge in [0.25, 0.3) is 0 Å². The van der Waals surface area contributed by atoms with Gasteiger partial charge in [-0.05, 0) is 17.7 Å². The lowest BCUT2D eigenvalue weighted by atomic mass is 10.1. The number of benzene rings is 1. The van der Waals surface area contributed by atoms with Crippen molar-refractivity contribution >= 4 is 23.6 Å². The lowest BCUT2D eigenvalue weighted by Gasteiger charge is -2.18. The van der Waals surface area contributed by atoms with Crippen molar-refractivity contribution in [2.45, 2.75) is 18.1 Å². The fourth-order valence-corrected chi connectivity index (χ4v) is 1.76. The average molecular weight is 249 g/mol. The fourth-order valence-electron chi connectivity index (χ4n) is 1.53. The van der Waals surface area contributed by atoms with Crippen LogP contribution in [0.3, 0.4) is 0 Å². The molecule has 1 heterocycles. The Labute approximate surface area is 95.1 Å². The lowest BCUT2D eigenvalue weighted by Crippen LogP contribution is -2.18. The number of rotatable bonds is 1. The van der Waals surface area contributed by atoms with E-state index in [-0.39, 0.29) is 5.56 Å². The topological polar surface area (TPSA) is 24.4 Å². The molecular weight excluding hydrogens is 241 g/mol. The van der Waals surface area contributed by atoms with Gasteiger partial charge in [0.2, 0.25) is 0 Å². The third-order valence-corrected chi connectivity index (χ3v) is 2.56. The molecule has 0 fully saturated rings. The fraction of sp³-hybridized carbons (Fsp3) is 0.300. The second kappa shape index (κ2) is 3.97. The third-order valence-electron chi connectivity index (χ3n) is 2.19. The van der Waals surface area contributed by atoms with Gasteiger partial charge in [-0.1, -0.05) is 17.7 Å². The van der Waals surface area contributed by atoms with Crippen molar-refractivity contribution in [3.05, 3.63) is 29.3 Å². The van der Waals surface area contributed by atoms with Crippen LogP contribution >= 0.6 is 11.6 Å². The molecule has 0 saturated heterocycles. The summed E-state index contributed by atoms with van der Waals surface area (Å²) in [5.41, 5.74) is 0.840. The Balaban J connectivity index is 2.31. The van der Waals surface area contributed by atoms with Crippen molar-refractivity contribution in [2.24, 2.45) is 4.99 Å². The van der Waals surface area contributed by atoms with Gasteiger partial charge in [-0.3, -0.25) is 0 Å². The largest absolute Gasteiger partial charge is 0.393 e. The second-order valence-electron chi connectivity index (χ2n) is 3.47. The number of nitrogens with one attached hydrogen (secondary N) is 1. The van der Waals surface area contributed by atoms with Gasteiger partial charge in [0.1, 0.15) is 5.50 Å². The predicted molar refractivity (Wildman–Crippen MR) is 56.1 cm³/mol. The maximum Gasteiger partial charge on any atom is 0.393 e. The van der Waals surface area contributed by atoms with E-state index in [1.165, 1.54) is 18.5 Å². The van der Waals surface area contributed by atoms with E-state index in [4.69, 9.17) is 11.6 Å². The Morgan fingerprint density at radius 3 is 2.81 bits per heavy atom. The number of hydrogen-bond acceptors (Lipinski definition) is 2. The summed E-state index contributed by atoms with van der Waals surface area (Å²) in [5.74, 6) is 0. The Morgan fingerprint density at radius 2 is 2.12 bits per heavy atom. The van der Waals surface area contributed by atoms with Crippen LogP contribution in [0.25, 0.3) is 0 Å². The van der Waals surface area contributed by atoms with Gasteiger partial charge in [-0.2, -0.15) is 13.2 Å². The van der Waals surface area contributed by atoms with Crippen LogP contribution in [0.2, 0.25) is 0 Å². The molecule has 6 heteroatoms. The molecule has 1 aromatic carbocycles. The van der Waals surface area contributed by atoms with Crippen LogP contribution in [-0.4, -0.2) is 12.5 Å². The highest BCUT2D eigenvalue weighted by Crippen LogP contribution is 2.32. The molecule has 0 bridgehead atoms. The lowest BCUT2D eigenvalue weighted by molar-refractivity contribution is -0.127. The summed E-state index contributed by atoms with van der Waals surface area (Å²) in [6.45, 7) is 0. The molecule has 1 aliphatic heterocycles. The zero-order valence-corrected chi connectivity index (χ0v) is 8.81. The van der Waals surface area contributed by atoms with Crippen LogP contribution in [0.1, 0.15) is 16.6 Å². The summed E-state index contributed by atoms with van der Waals surface area (Å²) < 4.78 is 36.6. The molecule has 1 aromatic rings. The monoisotopic (exact) mass is 248 g/mol. The summed E-state index contributed by atoms with van der Waals surface area (Å²) >= 11 is 5.91. The van der Waals surface area contributed by atoms with Gasteiger partial charge in [-0.15, -0.1) is 0 Å². The number of halogens is 4.